The second-order valence-electron chi connectivity index (χ2n) is 10.5. The average Bonchev–Trinajstić information content (AvgIpc) is 3.67. The van der Waals surface area contributed by atoms with E-state index in [-0.39, 0.29) is 17.4 Å². The lowest BCUT2D eigenvalue weighted by Gasteiger charge is -2.33. The Morgan fingerprint density at radius 3 is 2.45 bits per heavy atom. The van der Waals surface area contributed by atoms with E-state index < -0.39 is 5.82 Å². The monoisotopic (exact) mass is 568 g/mol. The largest absolute Gasteiger partial charge is 0.454 e. The molecule has 4 aromatic rings. The first-order chi connectivity index (χ1) is 20.5. The van der Waals surface area contributed by atoms with Crippen molar-refractivity contribution in [3.05, 3.63) is 125 Å². The fourth-order valence-electron chi connectivity index (χ4n) is 5.21. The molecule has 8 heteroatoms. The van der Waals surface area contributed by atoms with Gasteiger partial charge in [0.25, 0.3) is 11.8 Å². The van der Waals surface area contributed by atoms with E-state index in [2.05, 4.69) is 29.2 Å². The average molecular weight is 569 g/mol. The zero-order chi connectivity index (χ0) is 29.3. The number of aromatic nitrogens is 1. The van der Waals surface area contributed by atoms with Crippen LogP contribution in [0, 0.1) is 5.82 Å². The first-order valence-electron chi connectivity index (χ1n) is 14.5. The topological polar surface area (TPSA) is 61.9 Å². The molecule has 0 bridgehead atoms. The van der Waals surface area contributed by atoms with Crippen LogP contribution in [0.15, 0.2) is 95.6 Å². The van der Waals surface area contributed by atoms with Gasteiger partial charge in [-0.3, -0.25) is 14.5 Å². The minimum Gasteiger partial charge on any atom is -0.454 e. The maximum absolute atomic E-state index is 14.3. The number of piperazine rings is 1. The van der Waals surface area contributed by atoms with Crippen LogP contribution in [0.1, 0.15) is 51.3 Å². The van der Waals surface area contributed by atoms with E-state index in [4.69, 9.17) is 4.42 Å². The van der Waals surface area contributed by atoms with E-state index in [9.17, 15) is 14.0 Å². The van der Waals surface area contributed by atoms with Crippen LogP contribution < -0.4 is 0 Å². The molecular weight excluding hydrogens is 531 g/mol. The fourth-order valence-corrected chi connectivity index (χ4v) is 5.21. The molecule has 0 saturated carbocycles. The Balaban J connectivity index is 1.16. The Labute approximate surface area is 246 Å². The zero-order valence-electron chi connectivity index (χ0n) is 24.0. The highest BCUT2D eigenvalue weighted by Gasteiger charge is 2.24. The SMILES string of the molecule is CCCN(Cc1cccn1Cc1ccc(C(=O)N2CCN(CC=Cc3ccccc3)CC2)o1)C(=O)c1ccccc1F. The van der Waals surface area contributed by atoms with Gasteiger partial charge in [0.1, 0.15) is 11.6 Å². The van der Waals surface area contributed by atoms with E-state index in [1.807, 2.05) is 59.0 Å². The predicted molar refractivity (Wildman–Crippen MR) is 161 cm³/mol. The summed E-state index contributed by atoms with van der Waals surface area (Å²) in [6, 6.07) is 23.7. The molecule has 1 fully saturated rings. The molecule has 0 radical (unpaired) electrons. The van der Waals surface area contributed by atoms with Crippen molar-refractivity contribution in [1.82, 2.24) is 19.3 Å². The van der Waals surface area contributed by atoms with E-state index in [1.54, 1.807) is 23.1 Å². The van der Waals surface area contributed by atoms with Crippen LogP contribution >= 0.6 is 0 Å². The molecular formula is C34H37FN4O3. The number of rotatable bonds is 11. The lowest BCUT2D eigenvalue weighted by atomic mass is 10.1. The maximum atomic E-state index is 14.3. The molecule has 1 saturated heterocycles. The second kappa shape index (κ2) is 14.0. The van der Waals surface area contributed by atoms with E-state index in [0.717, 1.165) is 31.7 Å². The van der Waals surface area contributed by atoms with Crippen LogP contribution in [-0.4, -0.2) is 70.3 Å². The number of amides is 2. The van der Waals surface area contributed by atoms with Crippen LogP contribution in [0.3, 0.4) is 0 Å². The number of nitrogens with zero attached hydrogens (tertiary/aromatic N) is 4. The number of benzene rings is 2. The van der Waals surface area contributed by atoms with Gasteiger partial charge in [0.05, 0.1) is 18.7 Å². The maximum Gasteiger partial charge on any atom is 0.289 e. The summed E-state index contributed by atoms with van der Waals surface area (Å²) >= 11 is 0. The number of carbonyl (C=O) groups is 2. The highest BCUT2D eigenvalue weighted by molar-refractivity contribution is 5.94. The van der Waals surface area contributed by atoms with Gasteiger partial charge in [-0.2, -0.15) is 0 Å². The quantitative estimate of drug-likeness (QED) is 0.230. The summed E-state index contributed by atoms with van der Waals surface area (Å²) in [6.45, 7) is 7.03. The van der Waals surface area contributed by atoms with Crippen LogP contribution in [0.2, 0.25) is 0 Å². The molecule has 42 heavy (non-hydrogen) atoms. The van der Waals surface area contributed by atoms with Crippen LogP contribution in [0.5, 0.6) is 0 Å². The molecule has 0 unspecified atom stereocenters. The van der Waals surface area contributed by atoms with Crippen molar-refractivity contribution in [3.8, 4) is 0 Å². The Hall–Kier alpha value is -4.43. The molecule has 218 valence electrons. The third kappa shape index (κ3) is 7.25. The van der Waals surface area contributed by atoms with Gasteiger partial charge in [0, 0.05) is 51.2 Å². The molecule has 0 atom stereocenters. The van der Waals surface area contributed by atoms with Crippen molar-refractivity contribution < 1.29 is 18.4 Å². The Kier molecular flexibility index (Phi) is 9.66. The summed E-state index contributed by atoms with van der Waals surface area (Å²) in [5, 5.41) is 0. The third-order valence-electron chi connectivity index (χ3n) is 7.49. The molecule has 3 heterocycles. The standard InChI is InChI=1S/C34H37FN4O3/c1-2-18-39(33(40)30-14-6-7-15-31(30)35)25-28-13-9-20-38(28)26-29-16-17-32(42-29)34(41)37-23-21-36(22-24-37)19-8-12-27-10-4-3-5-11-27/h3-17,20H,2,18-19,21-26H2,1H3. The van der Waals surface area contributed by atoms with Crippen LogP contribution in [0.4, 0.5) is 4.39 Å². The van der Waals surface area contributed by atoms with Gasteiger partial charge in [-0.05, 0) is 48.4 Å². The van der Waals surface area contributed by atoms with Gasteiger partial charge in [0.15, 0.2) is 5.76 Å². The van der Waals surface area contributed by atoms with E-state index >= 15 is 0 Å². The lowest BCUT2D eigenvalue weighted by molar-refractivity contribution is 0.0616. The minimum absolute atomic E-state index is 0.0720. The van der Waals surface area contributed by atoms with Crippen molar-refractivity contribution in [2.45, 2.75) is 26.4 Å². The summed E-state index contributed by atoms with van der Waals surface area (Å²) < 4.78 is 22.3. The molecule has 1 aliphatic heterocycles. The van der Waals surface area contributed by atoms with Crippen molar-refractivity contribution in [2.24, 2.45) is 0 Å². The third-order valence-corrected chi connectivity index (χ3v) is 7.49. The van der Waals surface area contributed by atoms with Gasteiger partial charge < -0.3 is 18.8 Å². The summed E-state index contributed by atoms with van der Waals surface area (Å²) in [5.74, 6) is 0.0356. The normalized spacial score (nSPS) is 14.0. The fraction of sp³-hybridized carbons (Fsp3) is 0.294. The van der Waals surface area contributed by atoms with Crippen LogP contribution in [0.25, 0.3) is 6.08 Å². The van der Waals surface area contributed by atoms with E-state index in [1.165, 1.54) is 17.7 Å². The molecule has 7 nitrogen and oxygen atoms in total. The van der Waals surface area contributed by atoms with Gasteiger partial charge in [0.2, 0.25) is 0 Å². The van der Waals surface area contributed by atoms with Gasteiger partial charge in [-0.15, -0.1) is 0 Å². The Bertz CT molecular complexity index is 1500. The molecule has 2 aromatic heterocycles. The number of halogens is 1. The predicted octanol–water partition coefficient (Wildman–Crippen LogP) is 5.79. The molecule has 2 amide bonds. The smallest absolute Gasteiger partial charge is 0.289 e. The van der Waals surface area contributed by atoms with Crippen molar-refractivity contribution in [3.63, 3.8) is 0 Å². The summed E-state index contributed by atoms with van der Waals surface area (Å²) in [7, 11) is 0. The number of carbonyl (C=O) groups excluding carboxylic acids is 2. The van der Waals surface area contributed by atoms with Gasteiger partial charge in [-0.25, -0.2) is 4.39 Å². The number of furan rings is 1. The minimum atomic E-state index is -0.520. The molecule has 2 aromatic carbocycles. The highest BCUT2D eigenvalue weighted by Crippen LogP contribution is 2.18. The highest BCUT2D eigenvalue weighted by atomic mass is 19.1. The van der Waals surface area contributed by atoms with Crippen LogP contribution in [-0.2, 0) is 13.1 Å². The Morgan fingerprint density at radius 1 is 0.929 bits per heavy atom. The summed E-state index contributed by atoms with van der Waals surface area (Å²) in [4.78, 5) is 32.1. The number of hydrogen-bond acceptors (Lipinski definition) is 4. The first kappa shape index (κ1) is 29.1. The lowest BCUT2D eigenvalue weighted by Crippen LogP contribution is -2.48. The van der Waals surface area contributed by atoms with Gasteiger partial charge in [-0.1, -0.05) is 61.5 Å². The first-order valence-corrected chi connectivity index (χ1v) is 14.5. The zero-order valence-corrected chi connectivity index (χ0v) is 24.0. The molecule has 1 aliphatic rings. The van der Waals surface area contributed by atoms with Crippen molar-refractivity contribution in [2.75, 3.05) is 39.3 Å². The molecule has 0 aliphatic carbocycles. The second-order valence-corrected chi connectivity index (χ2v) is 10.5. The number of hydrogen-bond donors (Lipinski definition) is 0. The van der Waals surface area contributed by atoms with Crippen molar-refractivity contribution >= 4 is 17.9 Å². The van der Waals surface area contributed by atoms with Gasteiger partial charge >= 0.3 is 0 Å². The summed E-state index contributed by atoms with van der Waals surface area (Å²) in [5.41, 5.74) is 2.15. The Morgan fingerprint density at radius 2 is 1.69 bits per heavy atom. The molecule has 5 rings (SSSR count). The molecule has 0 spiro atoms. The molecule has 0 N–H and O–H groups in total. The van der Waals surface area contributed by atoms with E-state index in [0.29, 0.717) is 44.2 Å². The summed E-state index contributed by atoms with van der Waals surface area (Å²) in [6.07, 6.45) is 6.96. The van der Waals surface area contributed by atoms with Crippen molar-refractivity contribution in [1.29, 1.82) is 0 Å².